The van der Waals surface area contributed by atoms with E-state index < -0.39 is 4.92 Å². The van der Waals surface area contributed by atoms with Crippen molar-refractivity contribution in [3.63, 3.8) is 0 Å². The second-order valence-electron chi connectivity index (χ2n) is 4.28. The molecule has 7 heteroatoms. The zero-order valence-corrected chi connectivity index (χ0v) is 11.3. The van der Waals surface area contributed by atoms with E-state index in [2.05, 4.69) is 20.6 Å². The van der Waals surface area contributed by atoms with Gasteiger partial charge in [0.2, 0.25) is 11.8 Å². The number of anilines is 2. The molecule has 0 bridgehead atoms. The fourth-order valence-electron chi connectivity index (χ4n) is 1.77. The molecule has 20 heavy (non-hydrogen) atoms. The van der Waals surface area contributed by atoms with Gasteiger partial charge >= 0.3 is 5.69 Å². The molecule has 0 aliphatic rings. The van der Waals surface area contributed by atoms with Crippen LogP contribution in [0.25, 0.3) is 0 Å². The normalized spacial score (nSPS) is 10.1. The van der Waals surface area contributed by atoms with Gasteiger partial charge in [0.15, 0.2) is 0 Å². The molecular formula is C13H15N5O2. The van der Waals surface area contributed by atoms with E-state index in [4.69, 9.17) is 0 Å². The van der Waals surface area contributed by atoms with Crippen LogP contribution in [-0.2, 0) is 6.54 Å². The molecule has 1 heterocycles. The first kappa shape index (κ1) is 13.7. The second kappa shape index (κ2) is 5.96. The van der Waals surface area contributed by atoms with Gasteiger partial charge in [-0.3, -0.25) is 10.1 Å². The van der Waals surface area contributed by atoms with Crippen molar-refractivity contribution in [3.8, 4) is 0 Å². The molecule has 7 nitrogen and oxygen atoms in total. The van der Waals surface area contributed by atoms with Crippen LogP contribution < -0.4 is 10.6 Å². The number of nitrogens with zero attached hydrogens (tertiary/aromatic N) is 3. The Hall–Kier alpha value is -2.70. The third-order valence-electron chi connectivity index (χ3n) is 2.73. The van der Waals surface area contributed by atoms with Crippen molar-refractivity contribution in [2.24, 2.45) is 0 Å². The molecule has 0 aliphatic heterocycles. The van der Waals surface area contributed by atoms with Crippen LogP contribution in [0.1, 0.15) is 11.1 Å². The van der Waals surface area contributed by atoms with Crippen LogP contribution >= 0.6 is 0 Å². The highest BCUT2D eigenvalue weighted by atomic mass is 16.6. The molecule has 0 amide bonds. The molecule has 0 atom stereocenters. The average Bonchev–Trinajstić information content (AvgIpc) is 2.44. The van der Waals surface area contributed by atoms with E-state index >= 15 is 0 Å². The quantitative estimate of drug-likeness (QED) is 0.641. The van der Waals surface area contributed by atoms with Crippen molar-refractivity contribution in [1.82, 2.24) is 9.97 Å². The van der Waals surface area contributed by atoms with E-state index in [1.165, 1.54) is 6.20 Å². The molecule has 0 saturated carbocycles. The molecule has 2 N–H and O–H groups in total. The molecule has 0 unspecified atom stereocenters. The fourth-order valence-corrected chi connectivity index (χ4v) is 1.77. The lowest BCUT2D eigenvalue weighted by molar-refractivity contribution is -0.384. The summed E-state index contributed by atoms with van der Waals surface area (Å²) in [6.07, 6.45) is 1.19. The molecular weight excluding hydrogens is 258 g/mol. The summed E-state index contributed by atoms with van der Waals surface area (Å²) in [5.74, 6) is 0.540. The van der Waals surface area contributed by atoms with Crippen LogP contribution in [0.15, 0.2) is 30.5 Å². The number of nitrogens with one attached hydrogen (secondary N) is 2. The van der Waals surface area contributed by atoms with Crippen molar-refractivity contribution in [3.05, 3.63) is 51.7 Å². The number of aryl methyl sites for hydroxylation is 1. The van der Waals surface area contributed by atoms with Gasteiger partial charge in [-0.05, 0) is 12.5 Å². The van der Waals surface area contributed by atoms with Gasteiger partial charge in [-0.25, -0.2) is 4.98 Å². The minimum Gasteiger partial charge on any atom is -0.360 e. The van der Waals surface area contributed by atoms with Crippen LogP contribution in [0.4, 0.5) is 17.5 Å². The zero-order valence-electron chi connectivity index (χ0n) is 11.3. The van der Waals surface area contributed by atoms with Crippen molar-refractivity contribution < 1.29 is 4.92 Å². The number of benzene rings is 1. The molecule has 0 aliphatic carbocycles. The van der Waals surface area contributed by atoms with Gasteiger partial charge in [-0.15, -0.1) is 0 Å². The Morgan fingerprint density at radius 1 is 1.40 bits per heavy atom. The Balaban J connectivity index is 2.21. The van der Waals surface area contributed by atoms with Crippen LogP contribution in [0.2, 0.25) is 0 Å². The summed E-state index contributed by atoms with van der Waals surface area (Å²) in [6, 6.07) is 7.90. The largest absolute Gasteiger partial charge is 0.360 e. The molecule has 0 fully saturated rings. The van der Waals surface area contributed by atoms with Gasteiger partial charge < -0.3 is 10.6 Å². The lowest BCUT2D eigenvalue weighted by atomic mass is 10.1. The zero-order chi connectivity index (χ0) is 14.5. The number of hydrogen-bond donors (Lipinski definition) is 2. The van der Waals surface area contributed by atoms with Crippen molar-refractivity contribution in [1.29, 1.82) is 0 Å². The van der Waals surface area contributed by atoms with Gasteiger partial charge in [-0.1, -0.05) is 29.8 Å². The van der Waals surface area contributed by atoms with Crippen molar-refractivity contribution in [2.45, 2.75) is 13.5 Å². The minimum atomic E-state index is -0.502. The maximum Gasteiger partial charge on any atom is 0.329 e. The third-order valence-corrected chi connectivity index (χ3v) is 2.73. The summed E-state index contributed by atoms with van der Waals surface area (Å²) in [6.45, 7) is 2.46. The Bertz CT molecular complexity index is 630. The van der Waals surface area contributed by atoms with Crippen LogP contribution in [0, 0.1) is 17.0 Å². The summed E-state index contributed by atoms with van der Waals surface area (Å²) >= 11 is 0. The Labute approximate surface area is 116 Å². The minimum absolute atomic E-state index is 0.142. The van der Waals surface area contributed by atoms with Crippen molar-refractivity contribution in [2.75, 3.05) is 17.7 Å². The van der Waals surface area contributed by atoms with E-state index in [0.29, 0.717) is 12.5 Å². The summed E-state index contributed by atoms with van der Waals surface area (Å²) in [5.41, 5.74) is 2.03. The SMILES string of the molecule is CNc1ncc([N+](=O)[O-])c(NCc2cccc(C)c2)n1. The second-order valence-corrected chi connectivity index (χ2v) is 4.28. The molecule has 0 radical (unpaired) electrons. The summed E-state index contributed by atoms with van der Waals surface area (Å²) in [7, 11) is 1.66. The van der Waals surface area contributed by atoms with Crippen molar-refractivity contribution >= 4 is 17.5 Å². The molecule has 0 spiro atoms. The highest BCUT2D eigenvalue weighted by molar-refractivity contribution is 5.57. The van der Waals surface area contributed by atoms with Gasteiger partial charge in [0, 0.05) is 13.6 Å². The molecule has 2 rings (SSSR count). The first-order chi connectivity index (χ1) is 9.60. The van der Waals surface area contributed by atoms with E-state index in [1.807, 2.05) is 31.2 Å². The molecule has 1 aromatic heterocycles. The maximum atomic E-state index is 11.0. The number of rotatable bonds is 5. The Kier molecular flexibility index (Phi) is 4.09. The predicted molar refractivity (Wildman–Crippen MR) is 76.7 cm³/mol. The first-order valence-electron chi connectivity index (χ1n) is 6.08. The topological polar surface area (TPSA) is 93.0 Å². The lowest BCUT2D eigenvalue weighted by Crippen LogP contribution is -2.07. The van der Waals surface area contributed by atoms with Gasteiger partial charge in [-0.2, -0.15) is 4.98 Å². The predicted octanol–water partition coefficient (Wildman–Crippen LogP) is 2.35. The molecule has 1 aromatic carbocycles. The molecule has 0 saturated heterocycles. The van der Waals surface area contributed by atoms with E-state index in [0.717, 1.165) is 11.1 Å². The first-order valence-corrected chi connectivity index (χ1v) is 6.08. The maximum absolute atomic E-state index is 11.0. The van der Waals surface area contributed by atoms with Gasteiger partial charge in [0.1, 0.15) is 6.20 Å². The average molecular weight is 273 g/mol. The number of nitro groups is 1. The number of aromatic nitrogens is 2. The summed E-state index contributed by atoms with van der Waals surface area (Å²) in [4.78, 5) is 18.4. The van der Waals surface area contributed by atoms with E-state index in [9.17, 15) is 10.1 Å². The van der Waals surface area contributed by atoms with E-state index in [-0.39, 0.29) is 11.5 Å². The molecule has 104 valence electrons. The third kappa shape index (κ3) is 3.19. The van der Waals surface area contributed by atoms with Crippen LogP contribution in [0.5, 0.6) is 0 Å². The van der Waals surface area contributed by atoms with E-state index in [1.54, 1.807) is 7.05 Å². The Morgan fingerprint density at radius 3 is 2.85 bits per heavy atom. The summed E-state index contributed by atoms with van der Waals surface area (Å²) in [5, 5.41) is 16.7. The number of hydrogen-bond acceptors (Lipinski definition) is 6. The lowest BCUT2D eigenvalue weighted by Gasteiger charge is -2.08. The highest BCUT2D eigenvalue weighted by Crippen LogP contribution is 2.22. The molecule has 2 aromatic rings. The fraction of sp³-hybridized carbons (Fsp3) is 0.231. The van der Waals surface area contributed by atoms with Crippen LogP contribution in [-0.4, -0.2) is 21.9 Å². The monoisotopic (exact) mass is 273 g/mol. The van der Waals surface area contributed by atoms with Gasteiger partial charge in [0.05, 0.1) is 4.92 Å². The highest BCUT2D eigenvalue weighted by Gasteiger charge is 2.16. The summed E-state index contributed by atoms with van der Waals surface area (Å²) < 4.78 is 0. The van der Waals surface area contributed by atoms with Crippen LogP contribution in [0.3, 0.4) is 0 Å². The standard InChI is InChI=1S/C13H15N5O2/c1-9-4-3-5-10(6-9)7-15-12-11(18(19)20)8-16-13(14-2)17-12/h3-6,8H,7H2,1-2H3,(H2,14,15,16,17). The Morgan fingerprint density at radius 2 is 2.20 bits per heavy atom. The smallest absolute Gasteiger partial charge is 0.329 e. The van der Waals surface area contributed by atoms with Gasteiger partial charge in [0.25, 0.3) is 0 Å².